The Labute approximate surface area is 242 Å². The number of likely N-dealkylation sites (N-methyl/N-ethyl adjacent to an activating group) is 1. The number of primary amides is 1. The van der Waals surface area contributed by atoms with E-state index in [9.17, 15) is 39.6 Å². The van der Waals surface area contributed by atoms with Crippen LogP contribution in [0.25, 0.3) is 16.9 Å². The van der Waals surface area contributed by atoms with Crippen molar-refractivity contribution in [1.29, 1.82) is 0 Å². The third-order valence-corrected chi connectivity index (χ3v) is 8.78. The Balaban J connectivity index is 1.75. The van der Waals surface area contributed by atoms with Crippen molar-refractivity contribution in [3.8, 4) is 16.9 Å². The maximum Gasteiger partial charge on any atom is 0.255 e. The van der Waals surface area contributed by atoms with Crippen molar-refractivity contribution in [1.82, 2.24) is 4.90 Å². The van der Waals surface area contributed by atoms with Gasteiger partial charge in [-0.25, -0.2) is 0 Å². The van der Waals surface area contributed by atoms with Gasteiger partial charge >= 0.3 is 0 Å². The zero-order valence-corrected chi connectivity index (χ0v) is 23.9. The summed E-state index contributed by atoms with van der Waals surface area (Å²) in [6, 6.07) is 7.19. The fraction of sp³-hybridized carbons (Fsp3) is 0.355. The van der Waals surface area contributed by atoms with E-state index in [4.69, 9.17) is 5.73 Å². The maximum absolute atomic E-state index is 14.1. The highest BCUT2D eigenvalue weighted by Crippen LogP contribution is 2.54. The third-order valence-electron chi connectivity index (χ3n) is 8.78. The second-order valence-corrected chi connectivity index (χ2v) is 11.6. The minimum atomic E-state index is -2.70. The van der Waals surface area contributed by atoms with E-state index >= 15 is 0 Å². The Morgan fingerprint density at radius 3 is 2.17 bits per heavy atom. The van der Waals surface area contributed by atoms with E-state index in [1.165, 1.54) is 11.8 Å². The summed E-state index contributed by atoms with van der Waals surface area (Å²) >= 11 is 0. The number of aliphatic hydroxyl groups is 3. The Hall–Kier alpha value is -4.48. The topological polar surface area (TPSA) is 182 Å². The first-order valence-electron chi connectivity index (χ1n) is 13.4. The lowest BCUT2D eigenvalue weighted by molar-refractivity contribution is -0.153. The fourth-order valence-electron chi connectivity index (χ4n) is 6.80. The smallest absolute Gasteiger partial charge is 0.255 e. The van der Waals surface area contributed by atoms with Gasteiger partial charge in [0.25, 0.3) is 5.91 Å². The number of ketones is 3. The van der Waals surface area contributed by atoms with E-state index in [0.717, 1.165) is 0 Å². The van der Waals surface area contributed by atoms with Crippen LogP contribution < -0.4 is 10.6 Å². The number of nitrogens with zero attached hydrogens (tertiary/aromatic N) is 2. The number of fused-ring (bicyclic) bond motifs is 3. The molecule has 1 amide bonds. The van der Waals surface area contributed by atoms with Gasteiger partial charge in [-0.2, -0.15) is 0 Å². The number of hydrogen-bond donors (Lipinski definition) is 5. The van der Waals surface area contributed by atoms with E-state index in [2.05, 4.69) is 0 Å². The third kappa shape index (κ3) is 3.95. The molecular formula is C31H33N3O8. The molecule has 0 heterocycles. The van der Waals surface area contributed by atoms with Gasteiger partial charge in [-0.3, -0.25) is 24.1 Å². The molecule has 0 saturated heterocycles. The SMILES string of the molecule is CC(=O)c1ccc(-c2cc(N(C)C)c3c(c2O)C(O)=C2C(=O)C4(O)C(O)=C(C(N)=O)C(=O)C(N(C)C)C4CC2C3)cc1. The number of hydrogen-bond acceptors (Lipinski definition) is 10. The number of phenolic OH excluding ortho intramolecular Hbond substituents is 1. The molecule has 1 fully saturated rings. The number of nitrogens with two attached hydrogens (primary N) is 1. The van der Waals surface area contributed by atoms with Gasteiger partial charge in [0.1, 0.15) is 22.8 Å². The number of anilines is 1. The minimum absolute atomic E-state index is 0.00290. The lowest BCUT2D eigenvalue weighted by atomic mass is 9.57. The Kier molecular flexibility index (Phi) is 6.78. The molecule has 4 unspecified atom stereocenters. The Bertz CT molecular complexity index is 1640. The van der Waals surface area contributed by atoms with Gasteiger partial charge in [0.2, 0.25) is 5.78 Å². The molecule has 0 bridgehead atoms. The van der Waals surface area contributed by atoms with E-state index < -0.39 is 58.0 Å². The zero-order chi connectivity index (χ0) is 31.0. The van der Waals surface area contributed by atoms with Crippen LogP contribution in [0.3, 0.4) is 0 Å². The van der Waals surface area contributed by atoms with Crippen molar-refractivity contribution in [2.75, 3.05) is 33.1 Å². The lowest BCUT2D eigenvalue weighted by Gasteiger charge is -2.50. The van der Waals surface area contributed by atoms with Crippen molar-refractivity contribution in [3.05, 3.63) is 63.9 Å². The summed E-state index contributed by atoms with van der Waals surface area (Å²) in [7, 11) is 6.71. The van der Waals surface area contributed by atoms with Crippen LogP contribution in [0.4, 0.5) is 5.69 Å². The largest absolute Gasteiger partial charge is 0.508 e. The van der Waals surface area contributed by atoms with Gasteiger partial charge in [0.15, 0.2) is 17.2 Å². The van der Waals surface area contributed by atoms with Crippen LogP contribution in [0.15, 0.2) is 47.2 Å². The molecule has 4 atom stereocenters. The molecule has 11 heteroatoms. The molecule has 0 spiro atoms. The number of amides is 1. The molecule has 42 heavy (non-hydrogen) atoms. The summed E-state index contributed by atoms with van der Waals surface area (Å²) in [5, 5.41) is 46.0. The number of carbonyl (C=O) groups excluding carboxylic acids is 4. The van der Waals surface area contributed by atoms with Gasteiger partial charge in [-0.15, -0.1) is 0 Å². The molecule has 0 aromatic heterocycles. The van der Waals surface area contributed by atoms with Crippen LogP contribution in [0, 0.1) is 11.8 Å². The number of rotatable bonds is 5. The highest BCUT2D eigenvalue weighted by atomic mass is 16.3. The molecule has 2 aromatic rings. The van der Waals surface area contributed by atoms with Crippen LogP contribution >= 0.6 is 0 Å². The molecule has 3 aliphatic carbocycles. The summed E-state index contributed by atoms with van der Waals surface area (Å²) in [6.45, 7) is 1.44. The van der Waals surface area contributed by atoms with Gasteiger partial charge in [-0.05, 0) is 57.0 Å². The van der Waals surface area contributed by atoms with Crippen LogP contribution in [0.1, 0.15) is 34.8 Å². The van der Waals surface area contributed by atoms with E-state index in [1.807, 2.05) is 4.90 Å². The number of aromatic hydroxyl groups is 1. The van der Waals surface area contributed by atoms with E-state index in [-0.39, 0.29) is 35.5 Å². The normalized spacial score (nSPS) is 25.3. The molecule has 11 nitrogen and oxygen atoms in total. The minimum Gasteiger partial charge on any atom is -0.508 e. The van der Waals surface area contributed by atoms with Crippen LogP contribution in [0.5, 0.6) is 5.75 Å². The van der Waals surface area contributed by atoms with E-state index in [1.54, 1.807) is 58.5 Å². The molecule has 2 aromatic carbocycles. The predicted octanol–water partition coefficient (Wildman–Crippen LogP) is 1.90. The van der Waals surface area contributed by atoms with Crippen molar-refractivity contribution in [2.24, 2.45) is 17.6 Å². The van der Waals surface area contributed by atoms with Crippen LogP contribution in [-0.4, -0.2) is 88.4 Å². The average molecular weight is 576 g/mol. The Morgan fingerprint density at radius 1 is 1.02 bits per heavy atom. The first-order valence-corrected chi connectivity index (χ1v) is 13.4. The first kappa shape index (κ1) is 29.0. The van der Waals surface area contributed by atoms with Gasteiger partial charge in [0, 0.05) is 42.4 Å². The van der Waals surface area contributed by atoms with Gasteiger partial charge in [0.05, 0.1) is 11.6 Å². The zero-order valence-electron chi connectivity index (χ0n) is 23.9. The van der Waals surface area contributed by atoms with Crippen LogP contribution in [-0.2, 0) is 20.8 Å². The first-order chi connectivity index (χ1) is 19.6. The highest BCUT2D eigenvalue weighted by Gasteiger charge is 2.64. The standard InChI is InChI=1S/C31H33N3O8/c1-13(35)14-6-8-15(9-7-14)17-12-20(33(2)3)18-10-16-11-19-24(34(4)5)27(38)23(30(32)41)29(40)31(19,42)28(39)21(16)26(37)22(18)25(17)36/h6-9,12,16,19,24,36-37,40,42H,10-11H2,1-5H3,(H2,32,41). The number of carbonyl (C=O) groups is 4. The van der Waals surface area contributed by atoms with Gasteiger partial charge in [-0.1, -0.05) is 24.3 Å². The summed E-state index contributed by atoms with van der Waals surface area (Å²) < 4.78 is 0. The molecule has 5 rings (SSSR count). The maximum atomic E-state index is 14.1. The van der Waals surface area contributed by atoms with Crippen molar-refractivity contribution in [3.63, 3.8) is 0 Å². The number of phenols is 1. The predicted molar refractivity (Wildman–Crippen MR) is 154 cm³/mol. The average Bonchev–Trinajstić information content (AvgIpc) is 2.90. The van der Waals surface area contributed by atoms with Gasteiger partial charge < -0.3 is 31.1 Å². The molecule has 3 aliphatic rings. The molecular weight excluding hydrogens is 542 g/mol. The van der Waals surface area contributed by atoms with Crippen molar-refractivity contribution >= 4 is 34.7 Å². The number of aliphatic hydroxyl groups excluding tert-OH is 2. The summed E-state index contributed by atoms with van der Waals surface area (Å²) in [5.74, 6) is -7.09. The highest BCUT2D eigenvalue weighted by molar-refractivity contribution is 6.24. The number of benzene rings is 2. The summed E-state index contributed by atoms with van der Waals surface area (Å²) in [5.41, 5.74) is 4.22. The lowest BCUT2D eigenvalue weighted by Crippen LogP contribution is -2.65. The van der Waals surface area contributed by atoms with E-state index in [0.29, 0.717) is 27.9 Å². The second kappa shape index (κ2) is 9.81. The second-order valence-electron chi connectivity index (χ2n) is 11.6. The van der Waals surface area contributed by atoms with Crippen molar-refractivity contribution < 1.29 is 39.6 Å². The Morgan fingerprint density at radius 2 is 1.64 bits per heavy atom. The monoisotopic (exact) mass is 575 g/mol. The van der Waals surface area contributed by atoms with Crippen LogP contribution in [0.2, 0.25) is 0 Å². The molecule has 0 radical (unpaired) electrons. The number of Topliss-reactive ketones (excluding diaryl/α,β-unsaturated/α-hetero) is 3. The fourth-order valence-corrected chi connectivity index (χ4v) is 6.80. The van der Waals surface area contributed by atoms with Crippen molar-refractivity contribution in [2.45, 2.75) is 31.4 Å². The quantitative estimate of drug-likeness (QED) is 0.261. The summed E-state index contributed by atoms with van der Waals surface area (Å²) in [6.07, 6.45) is 0.187. The summed E-state index contributed by atoms with van der Waals surface area (Å²) in [4.78, 5) is 54.6. The molecule has 6 N–H and O–H groups in total. The molecule has 1 saturated carbocycles. The molecule has 220 valence electrons. The molecule has 0 aliphatic heterocycles.